The zero-order valence-electron chi connectivity index (χ0n) is 15.0. The van der Waals surface area contributed by atoms with E-state index in [-0.39, 0.29) is 22.0 Å². The van der Waals surface area contributed by atoms with Gasteiger partial charge in [0.05, 0.1) is 11.6 Å². The fourth-order valence-electron chi connectivity index (χ4n) is 2.10. The minimum Gasteiger partial charge on any atom is -0.496 e. The Morgan fingerprint density at radius 2 is 1.46 bits per heavy atom. The molecule has 0 saturated carbocycles. The predicted molar refractivity (Wildman–Crippen MR) is 121 cm³/mol. The molecule has 7 nitrogen and oxygen atoms in total. The molecule has 0 heterocycles. The van der Waals surface area contributed by atoms with Crippen LogP contribution in [0.3, 0.4) is 0 Å². The van der Waals surface area contributed by atoms with Gasteiger partial charge in [0.15, 0.2) is 10.2 Å². The Hall–Kier alpha value is -2.56. The monoisotopic (exact) mass is 480 g/mol. The molecular formula is C18H17BrN4O3S2. The van der Waals surface area contributed by atoms with Crippen LogP contribution in [0.1, 0.15) is 17.3 Å². The molecule has 0 atom stereocenters. The summed E-state index contributed by atoms with van der Waals surface area (Å²) >= 11 is 13.5. The average molecular weight is 481 g/mol. The largest absolute Gasteiger partial charge is 0.496 e. The Morgan fingerprint density at radius 3 is 1.93 bits per heavy atom. The Kier molecular flexibility index (Phi) is 7.85. The number of anilines is 2. The van der Waals surface area contributed by atoms with E-state index < -0.39 is 0 Å². The fourth-order valence-corrected chi connectivity index (χ4v) is 3.12. The summed E-state index contributed by atoms with van der Waals surface area (Å²) in [5, 5.41) is 11.3. The van der Waals surface area contributed by atoms with Crippen molar-refractivity contribution in [3.05, 3.63) is 52.5 Å². The number of carbonyl (C=O) groups excluding carboxylic acids is 2. The van der Waals surface area contributed by atoms with Crippen LogP contribution in [0.5, 0.6) is 5.75 Å². The van der Waals surface area contributed by atoms with Gasteiger partial charge in [-0.15, -0.1) is 0 Å². The van der Waals surface area contributed by atoms with E-state index in [4.69, 9.17) is 29.2 Å². The second-order valence-corrected chi connectivity index (χ2v) is 7.14. The summed E-state index contributed by atoms with van der Waals surface area (Å²) in [5.74, 6) is 0.0319. The molecule has 2 rings (SSSR count). The zero-order chi connectivity index (χ0) is 20.7. The smallest absolute Gasteiger partial charge is 0.257 e. The molecule has 0 aliphatic rings. The van der Waals surface area contributed by atoms with Crippen LogP contribution in [-0.4, -0.2) is 29.1 Å². The summed E-state index contributed by atoms with van der Waals surface area (Å²) < 4.78 is 5.81. The minimum atomic E-state index is -0.347. The standard InChI is InChI=1S/C18H17BrN4O3S2/c1-10(24)20-17(27)21-12-4-6-13(7-5-12)22-18(28)23-16(25)11-3-8-15(26-2)14(19)9-11/h3-9H,1-2H3,(H2,20,21,24,27)(H2,22,23,25,28). The lowest BCUT2D eigenvalue weighted by atomic mass is 10.2. The van der Waals surface area contributed by atoms with Gasteiger partial charge in [0.1, 0.15) is 5.75 Å². The first-order chi connectivity index (χ1) is 13.3. The van der Waals surface area contributed by atoms with Crippen molar-refractivity contribution >= 4 is 73.8 Å². The van der Waals surface area contributed by atoms with E-state index in [1.807, 2.05) is 0 Å². The van der Waals surface area contributed by atoms with Gasteiger partial charge in [0.2, 0.25) is 5.91 Å². The molecule has 0 fully saturated rings. The second kappa shape index (κ2) is 10.1. The molecule has 0 unspecified atom stereocenters. The highest BCUT2D eigenvalue weighted by Gasteiger charge is 2.11. The van der Waals surface area contributed by atoms with Crippen LogP contribution in [0.2, 0.25) is 0 Å². The van der Waals surface area contributed by atoms with Gasteiger partial charge in [-0.05, 0) is 82.8 Å². The summed E-state index contributed by atoms with van der Waals surface area (Å²) in [7, 11) is 1.55. The van der Waals surface area contributed by atoms with Crippen LogP contribution in [0, 0.1) is 0 Å². The van der Waals surface area contributed by atoms with E-state index in [9.17, 15) is 9.59 Å². The van der Waals surface area contributed by atoms with Crippen molar-refractivity contribution in [1.82, 2.24) is 10.6 Å². The highest BCUT2D eigenvalue weighted by atomic mass is 79.9. The maximum absolute atomic E-state index is 12.3. The van der Waals surface area contributed by atoms with E-state index in [1.165, 1.54) is 6.92 Å². The van der Waals surface area contributed by atoms with Crippen molar-refractivity contribution in [3.63, 3.8) is 0 Å². The van der Waals surface area contributed by atoms with E-state index in [0.717, 1.165) is 0 Å². The van der Waals surface area contributed by atoms with Crippen LogP contribution in [-0.2, 0) is 4.79 Å². The summed E-state index contributed by atoms with van der Waals surface area (Å²) in [6.45, 7) is 1.38. The molecule has 0 aromatic heterocycles. The first kappa shape index (κ1) is 21.7. The molecule has 0 aliphatic heterocycles. The minimum absolute atomic E-state index is 0.159. The molecule has 2 amide bonds. The Morgan fingerprint density at radius 1 is 0.929 bits per heavy atom. The van der Waals surface area contributed by atoms with Crippen molar-refractivity contribution in [2.75, 3.05) is 17.7 Å². The number of benzene rings is 2. The number of amides is 2. The number of hydrogen-bond acceptors (Lipinski definition) is 5. The lowest BCUT2D eigenvalue weighted by Crippen LogP contribution is -2.34. The van der Waals surface area contributed by atoms with Crippen molar-refractivity contribution in [1.29, 1.82) is 0 Å². The molecule has 2 aromatic rings. The van der Waals surface area contributed by atoms with Gasteiger partial charge in [0.25, 0.3) is 5.91 Å². The van der Waals surface area contributed by atoms with Crippen molar-refractivity contribution < 1.29 is 14.3 Å². The number of nitrogens with one attached hydrogen (secondary N) is 4. The van der Waals surface area contributed by atoms with Gasteiger partial charge in [-0.2, -0.15) is 0 Å². The zero-order valence-corrected chi connectivity index (χ0v) is 18.2. The second-order valence-electron chi connectivity index (χ2n) is 5.47. The lowest BCUT2D eigenvalue weighted by Gasteiger charge is -2.12. The van der Waals surface area contributed by atoms with Gasteiger partial charge < -0.3 is 20.7 Å². The summed E-state index contributed by atoms with van der Waals surface area (Å²) in [6, 6.07) is 12.0. The van der Waals surface area contributed by atoms with Crippen LogP contribution in [0.25, 0.3) is 0 Å². The predicted octanol–water partition coefficient (Wildman–Crippen LogP) is 3.42. The van der Waals surface area contributed by atoms with Crippen LogP contribution in [0.15, 0.2) is 46.9 Å². The molecule has 0 bridgehead atoms. The topological polar surface area (TPSA) is 91.5 Å². The van der Waals surface area contributed by atoms with Crippen molar-refractivity contribution in [2.24, 2.45) is 0 Å². The third-order valence-corrected chi connectivity index (χ3v) is 4.36. The Labute approximate surface area is 181 Å². The van der Waals surface area contributed by atoms with E-state index in [0.29, 0.717) is 27.2 Å². The fraction of sp³-hybridized carbons (Fsp3) is 0.111. The Bertz CT molecular complexity index is 920. The number of halogens is 1. The van der Waals surface area contributed by atoms with Gasteiger partial charge in [-0.25, -0.2) is 0 Å². The van der Waals surface area contributed by atoms with Gasteiger partial charge in [-0.3, -0.25) is 14.9 Å². The first-order valence-electron chi connectivity index (χ1n) is 7.93. The van der Waals surface area contributed by atoms with E-state index >= 15 is 0 Å². The maximum Gasteiger partial charge on any atom is 0.257 e. The van der Waals surface area contributed by atoms with Crippen molar-refractivity contribution in [2.45, 2.75) is 6.92 Å². The molecule has 0 radical (unpaired) electrons. The molecule has 0 spiro atoms. The molecule has 0 aliphatic carbocycles. The normalized spacial score (nSPS) is 9.82. The van der Waals surface area contributed by atoms with Crippen LogP contribution >= 0.6 is 40.4 Å². The number of carbonyl (C=O) groups is 2. The number of methoxy groups -OCH3 is 1. The van der Waals surface area contributed by atoms with Gasteiger partial charge >= 0.3 is 0 Å². The van der Waals surface area contributed by atoms with Gasteiger partial charge in [0, 0.05) is 23.9 Å². The average Bonchev–Trinajstić information content (AvgIpc) is 2.62. The third-order valence-electron chi connectivity index (χ3n) is 3.33. The molecule has 4 N–H and O–H groups in total. The van der Waals surface area contributed by atoms with Crippen LogP contribution in [0.4, 0.5) is 11.4 Å². The molecule has 146 valence electrons. The van der Waals surface area contributed by atoms with Gasteiger partial charge in [-0.1, -0.05) is 0 Å². The first-order valence-corrected chi connectivity index (χ1v) is 9.54. The van der Waals surface area contributed by atoms with E-state index in [2.05, 4.69) is 37.2 Å². The quantitative estimate of drug-likeness (QED) is 0.498. The summed E-state index contributed by atoms with van der Waals surface area (Å²) in [5.41, 5.74) is 1.81. The highest BCUT2D eigenvalue weighted by molar-refractivity contribution is 9.10. The molecule has 28 heavy (non-hydrogen) atoms. The lowest BCUT2D eigenvalue weighted by molar-refractivity contribution is -0.117. The van der Waals surface area contributed by atoms with Crippen LogP contribution < -0.4 is 26.0 Å². The highest BCUT2D eigenvalue weighted by Crippen LogP contribution is 2.25. The molecule has 0 saturated heterocycles. The molecular weight excluding hydrogens is 464 g/mol. The van der Waals surface area contributed by atoms with Crippen molar-refractivity contribution in [3.8, 4) is 5.75 Å². The summed E-state index contributed by atoms with van der Waals surface area (Å²) in [4.78, 5) is 23.3. The number of thiocarbonyl (C=S) groups is 2. The SMILES string of the molecule is COc1ccc(C(=O)NC(=S)Nc2ccc(NC(=S)NC(C)=O)cc2)cc1Br. The number of rotatable bonds is 4. The number of hydrogen-bond donors (Lipinski definition) is 4. The maximum atomic E-state index is 12.3. The molecule has 10 heteroatoms. The Balaban J connectivity index is 1.92. The molecule has 2 aromatic carbocycles. The van der Waals surface area contributed by atoms with E-state index in [1.54, 1.807) is 49.6 Å². The number of ether oxygens (including phenoxy) is 1. The summed E-state index contributed by atoms with van der Waals surface area (Å²) in [6.07, 6.45) is 0. The third kappa shape index (κ3) is 6.55.